The van der Waals surface area contributed by atoms with Crippen LogP contribution in [0.15, 0.2) is 39.5 Å². The standard InChI is InChI=1S/C15H15BrN6O4/c1-2-20-6-5-10(18-20)7-17-15(23)13-4-3-11(26-13)8-21-9-12(16)14(19-21)22(24)25/h3-6,9H,2,7-8H2,1H3,(H,17,23). The normalized spacial score (nSPS) is 10.8. The maximum Gasteiger partial charge on any atom is 0.404 e. The first-order valence-electron chi connectivity index (χ1n) is 7.73. The Balaban J connectivity index is 1.60. The number of amides is 1. The minimum Gasteiger partial charge on any atom is -0.454 e. The average molecular weight is 423 g/mol. The molecule has 136 valence electrons. The van der Waals surface area contributed by atoms with Gasteiger partial charge in [-0.25, -0.2) is 0 Å². The lowest BCUT2D eigenvalue weighted by atomic mass is 10.4. The molecule has 0 aliphatic heterocycles. The molecule has 3 rings (SSSR count). The molecule has 0 fully saturated rings. The molecule has 0 aliphatic rings. The van der Waals surface area contributed by atoms with Gasteiger partial charge in [0.15, 0.2) is 5.76 Å². The van der Waals surface area contributed by atoms with E-state index in [1.165, 1.54) is 10.9 Å². The van der Waals surface area contributed by atoms with Crippen LogP contribution in [0.25, 0.3) is 0 Å². The van der Waals surface area contributed by atoms with E-state index in [1.807, 2.05) is 19.2 Å². The lowest BCUT2D eigenvalue weighted by molar-refractivity contribution is -0.390. The van der Waals surface area contributed by atoms with Crippen LogP contribution in [0, 0.1) is 10.1 Å². The summed E-state index contributed by atoms with van der Waals surface area (Å²) in [5.74, 6) is -0.0399. The molecular formula is C15H15BrN6O4. The largest absolute Gasteiger partial charge is 0.454 e. The van der Waals surface area contributed by atoms with Crippen molar-refractivity contribution in [2.24, 2.45) is 0 Å². The molecule has 3 aromatic heterocycles. The number of halogens is 1. The topological polar surface area (TPSA) is 121 Å². The van der Waals surface area contributed by atoms with Crippen molar-refractivity contribution in [2.45, 2.75) is 26.6 Å². The molecule has 0 unspecified atom stereocenters. The third kappa shape index (κ3) is 3.99. The SMILES string of the molecule is CCn1ccc(CNC(=O)c2ccc(Cn3cc(Br)c([N+](=O)[O-])n3)o2)n1. The molecule has 1 amide bonds. The number of nitro groups is 1. The zero-order valence-electron chi connectivity index (χ0n) is 13.8. The highest BCUT2D eigenvalue weighted by atomic mass is 79.9. The van der Waals surface area contributed by atoms with Gasteiger partial charge in [-0.05, 0) is 46.0 Å². The van der Waals surface area contributed by atoms with Crippen molar-refractivity contribution in [1.82, 2.24) is 24.9 Å². The molecule has 26 heavy (non-hydrogen) atoms. The van der Waals surface area contributed by atoms with Crippen molar-refractivity contribution >= 4 is 27.7 Å². The highest BCUT2D eigenvalue weighted by molar-refractivity contribution is 9.10. The lowest BCUT2D eigenvalue weighted by Crippen LogP contribution is -2.22. The van der Waals surface area contributed by atoms with Crippen molar-refractivity contribution in [1.29, 1.82) is 0 Å². The van der Waals surface area contributed by atoms with Crippen molar-refractivity contribution in [3.63, 3.8) is 0 Å². The molecule has 0 aromatic carbocycles. The second-order valence-electron chi connectivity index (χ2n) is 5.37. The monoisotopic (exact) mass is 422 g/mol. The Kier molecular flexibility index (Phi) is 5.16. The number of hydrogen-bond donors (Lipinski definition) is 1. The molecule has 0 atom stereocenters. The van der Waals surface area contributed by atoms with E-state index in [-0.39, 0.29) is 28.5 Å². The number of aryl methyl sites for hydroxylation is 1. The number of aromatic nitrogens is 4. The van der Waals surface area contributed by atoms with Gasteiger partial charge in [0.05, 0.1) is 23.5 Å². The maximum absolute atomic E-state index is 12.1. The van der Waals surface area contributed by atoms with Crippen LogP contribution < -0.4 is 5.32 Å². The summed E-state index contributed by atoms with van der Waals surface area (Å²) in [5.41, 5.74) is 0.751. The molecule has 0 spiro atoms. The summed E-state index contributed by atoms with van der Waals surface area (Å²) in [5, 5.41) is 21.7. The lowest BCUT2D eigenvalue weighted by Gasteiger charge is -2.00. The van der Waals surface area contributed by atoms with Crippen LogP contribution in [-0.2, 0) is 19.6 Å². The van der Waals surface area contributed by atoms with E-state index in [2.05, 4.69) is 31.4 Å². The molecular weight excluding hydrogens is 408 g/mol. The van der Waals surface area contributed by atoms with Crippen molar-refractivity contribution in [3.8, 4) is 0 Å². The first-order valence-corrected chi connectivity index (χ1v) is 8.52. The van der Waals surface area contributed by atoms with E-state index >= 15 is 0 Å². The molecule has 0 saturated carbocycles. The highest BCUT2D eigenvalue weighted by Gasteiger charge is 2.20. The quantitative estimate of drug-likeness (QED) is 0.460. The van der Waals surface area contributed by atoms with Gasteiger partial charge in [-0.2, -0.15) is 9.78 Å². The number of hydrogen-bond acceptors (Lipinski definition) is 6. The molecule has 11 heteroatoms. The predicted molar refractivity (Wildman–Crippen MR) is 93.5 cm³/mol. The Hall–Kier alpha value is -2.95. The van der Waals surface area contributed by atoms with Crippen LogP contribution >= 0.6 is 15.9 Å². The third-order valence-electron chi connectivity index (χ3n) is 3.53. The summed E-state index contributed by atoms with van der Waals surface area (Å²) in [6, 6.07) is 5.00. The summed E-state index contributed by atoms with van der Waals surface area (Å²) < 4.78 is 8.90. The van der Waals surface area contributed by atoms with Crippen LogP contribution in [0.2, 0.25) is 0 Å². The zero-order valence-corrected chi connectivity index (χ0v) is 15.3. The summed E-state index contributed by atoms with van der Waals surface area (Å²) in [6.07, 6.45) is 3.32. The van der Waals surface area contributed by atoms with Gasteiger partial charge < -0.3 is 19.8 Å². The van der Waals surface area contributed by atoms with Gasteiger partial charge in [-0.1, -0.05) is 0 Å². The van der Waals surface area contributed by atoms with E-state index in [0.717, 1.165) is 12.2 Å². The molecule has 0 bridgehead atoms. The van der Waals surface area contributed by atoms with Crippen LogP contribution in [0.1, 0.15) is 28.9 Å². The van der Waals surface area contributed by atoms with Gasteiger partial charge in [0.1, 0.15) is 16.8 Å². The summed E-state index contributed by atoms with van der Waals surface area (Å²) in [6.45, 7) is 3.20. The van der Waals surface area contributed by atoms with Crippen LogP contribution in [0.4, 0.5) is 5.82 Å². The Bertz CT molecular complexity index is 944. The van der Waals surface area contributed by atoms with Crippen LogP contribution in [-0.4, -0.2) is 30.4 Å². The first kappa shape index (κ1) is 17.9. The van der Waals surface area contributed by atoms with Gasteiger partial charge in [0, 0.05) is 12.7 Å². The average Bonchev–Trinajstić information content (AvgIpc) is 3.32. The van der Waals surface area contributed by atoms with Crippen molar-refractivity contribution < 1.29 is 14.1 Å². The number of furan rings is 1. The molecule has 0 aliphatic carbocycles. The molecule has 0 radical (unpaired) electrons. The van der Waals surface area contributed by atoms with E-state index in [4.69, 9.17) is 4.42 Å². The van der Waals surface area contributed by atoms with Gasteiger partial charge in [-0.3, -0.25) is 9.48 Å². The molecule has 10 nitrogen and oxygen atoms in total. The number of nitrogens with one attached hydrogen (secondary N) is 1. The summed E-state index contributed by atoms with van der Waals surface area (Å²) >= 11 is 3.08. The molecule has 0 saturated heterocycles. The van der Waals surface area contributed by atoms with E-state index < -0.39 is 4.92 Å². The van der Waals surface area contributed by atoms with Crippen LogP contribution in [0.3, 0.4) is 0 Å². The molecule has 3 heterocycles. The third-order valence-corrected chi connectivity index (χ3v) is 4.08. The Morgan fingerprint density at radius 2 is 2.15 bits per heavy atom. The van der Waals surface area contributed by atoms with Crippen molar-refractivity contribution in [2.75, 3.05) is 0 Å². The van der Waals surface area contributed by atoms with E-state index in [9.17, 15) is 14.9 Å². The van der Waals surface area contributed by atoms with E-state index in [1.54, 1.807) is 16.8 Å². The molecule has 3 aromatic rings. The van der Waals surface area contributed by atoms with Crippen molar-refractivity contribution in [3.05, 3.63) is 62.4 Å². The van der Waals surface area contributed by atoms with Gasteiger partial charge in [0.25, 0.3) is 5.91 Å². The molecule has 1 N–H and O–H groups in total. The maximum atomic E-state index is 12.1. The van der Waals surface area contributed by atoms with Gasteiger partial charge in [0.2, 0.25) is 0 Å². The second kappa shape index (κ2) is 7.52. The number of nitrogens with zero attached hydrogens (tertiary/aromatic N) is 5. The summed E-state index contributed by atoms with van der Waals surface area (Å²) in [7, 11) is 0. The smallest absolute Gasteiger partial charge is 0.404 e. The zero-order chi connectivity index (χ0) is 18.7. The fourth-order valence-corrected chi connectivity index (χ4v) is 2.73. The second-order valence-corrected chi connectivity index (χ2v) is 6.22. The number of rotatable bonds is 7. The Morgan fingerprint density at radius 1 is 1.35 bits per heavy atom. The van der Waals surface area contributed by atoms with Gasteiger partial charge >= 0.3 is 5.82 Å². The van der Waals surface area contributed by atoms with Crippen LogP contribution in [0.5, 0.6) is 0 Å². The van der Waals surface area contributed by atoms with Gasteiger partial charge in [-0.15, -0.1) is 0 Å². The Labute approximate surface area is 156 Å². The minimum absolute atomic E-state index is 0.149. The Morgan fingerprint density at radius 3 is 2.81 bits per heavy atom. The number of carbonyl (C=O) groups excluding carboxylic acids is 1. The fourth-order valence-electron chi connectivity index (χ4n) is 2.27. The first-order chi connectivity index (χ1) is 12.5. The predicted octanol–water partition coefficient (Wildman–Crippen LogP) is 2.34. The minimum atomic E-state index is -0.582. The summed E-state index contributed by atoms with van der Waals surface area (Å²) in [4.78, 5) is 22.4. The number of carbonyl (C=O) groups is 1. The van der Waals surface area contributed by atoms with E-state index in [0.29, 0.717) is 12.3 Å². The fraction of sp³-hybridized carbons (Fsp3) is 0.267. The highest BCUT2D eigenvalue weighted by Crippen LogP contribution is 2.22.